The molecule has 1 aliphatic rings. The van der Waals surface area contributed by atoms with Gasteiger partial charge in [-0.25, -0.2) is 0 Å². The normalized spacial score (nSPS) is 39.1. The smallest absolute Gasteiger partial charge is 0.303 e. The van der Waals surface area contributed by atoms with Crippen LogP contribution in [0.5, 0.6) is 0 Å². The Kier molecular flexibility index (Phi) is 3.27. The van der Waals surface area contributed by atoms with Crippen LogP contribution in [0, 0.1) is 5.92 Å². The van der Waals surface area contributed by atoms with Crippen molar-refractivity contribution >= 4 is 5.97 Å². The highest BCUT2D eigenvalue weighted by atomic mass is 16.6. The van der Waals surface area contributed by atoms with Gasteiger partial charge in [-0.05, 0) is 6.92 Å². The third-order valence-electron chi connectivity index (χ3n) is 2.50. The van der Waals surface area contributed by atoms with Gasteiger partial charge in [0.05, 0.1) is 12.7 Å². The Hall–Kier alpha value is -0.610. The molecular weight excluding hydrogens is 172 g/mol. The van der Waals surface area contributed by atoms with E-state index in [0.29, 0.717) is 0 Å². The molecule has 0 radical (unpaired) electrons. The van der Waals surface area contributed by atoms with E-state index >= 15 is 0 Å². The van der Waals surface area contributed by atoms with Crippen LogP contribution in [0.15, 0.2) is 0 Å². The molecule has 0 amide bonds. The standard InChI is InChI=1S/C9H16O4/c1-5-6(2)12-8(4-10)9(5)13-7(3)11/h5-6,8-10H,4H2,1-3H3. The summed E-state index contributed by atoms with van der Waals surface area (Å²) in [4.78, 5) is 10.8. The Bertz CT molecular complexity index is 192. The monoisotopic (exact) mass is 188 g/mol. The van der Waals surface area contributed by atoms with E-state index in [0.717, 1.165) is 0 Å². The van der Waals surface area contributed by atoms with Crippen LogP contribution >= 0.6 is 0 Å². The van der Waals surface area contributed by atoms with Gasteiger partial charge in [-0.2, -0.15) is 0 Å². The molecule has 0 aliphatic carbocycles. The van der Waals surface area contributed by atoms with Crippen LogP contribution in [-0.2, 0) is 14.3 Å². The summed E-state index contributed by atoms with van der Waals surface area (Å²) in [5, 5.41) is 8.97. The second-order valence-electron chi connectivity index (χ2n) is 3.50. The molecule has 1 fully saturated rings. The van der Waals surface area contributed by atoms with Crippen molar-refractivity contribution in [1.29, 1.82) is 0 Å². The van der Waals surface area contributed by atoms with Crippen LogP contribution in [0.25, 0.3) is 0 Å². The van der Waals surface area contributed by atoms with Crippen molar-refractivity contribution < 1.29 is 19.4 Å². The molecule has 4 nitrogen and oxygen atoms in total. The SMILES string of the molecule is CC(=O)OC1C(CO)OC(C)C1C. The summed E-state index contributed by atoms with van der Waals surface area (Å²) >= 11 is 0. The summed E-state index contributed by atoms with van der Waals surface area (Å²) in [5.41, 5.74) is 0. The second kappa shape index (κ2) is 4.07. The van der Waals surface area contributed by atoms with Crippen molar-refractivity contribution in [2.24, 2.45) is 5.92 Å². The predicted molar refractivity (Wildman–Crippen MR) is 46.1 cm³/mol. The largest absolute Gasteiger partial charge is 0.459 e. The molecule has 0 aromatic rings. The first-order chi connectivity index (χ1) is 6.06. The molecule has 0 aromatic heterocycles. The zero-order chi connectivity index (χ0) is 10.0. The zero-order valence-corrected chi connectivity index (χ0v) is 8.19. The van der Waals surface area contributed by atoms with Gasteiger partial charge in [0, 0.05) is 12.8 Å². The maximum Gasteiger partial charge on any atom is 0.303 e. The van der Waals surface area contributed by atoms with Gasteiger partial charge in [0.1, 0.15) is 12.2 Å². The van der Waals surface area contributed by atoms with Crippen LogP contribution in [0.4, 0.5) is 0 Å². The molecule has 13 heavy (non-hydrogen) atoms. The van der Waals surface area contributed by atoms with Crippen molar-refractivity contribution in [3.63, 3.8) is 0 Å². The first kappa shape index (κ1) is 10.5. The number of rotatable bonds is 2. The van der Waals surface area contributed by atoms with Crippen LogP contribution < -0.4 is 0 Å². The van der Waals surface area contributed by atoms with Crippen molar-refractivity contribution in [3.8, 4) is 0 Å². The summed E-state index contributed by atoms with van der Waals surface area (Å²) in [6.45, 7) is 5.13. The van der Waals surface area contributed by atoms with Crippen LogP contribution in [-0.4, -0.2) is 36.0 Å². The number of ether oxygens (including phenoxy) is 2. The number of aliphatic hydroxyl groups is 1. The second-order valence-corrected chi connectivity index (χ2v) is 3.50. The Labute approximate surface area is 77.8 Å². The summed E-state index contributed by atoms with van der Waals surface area (Å²) in [6.07, 6.45) is -0.645. The van der Waals surface area contributed by atoms with Gasteiger partial charge in [0.2, 0.25) is 0 Å². The lowest BCUT2D eigenvalue weighted by Crippen LogP contribution is -2.33. The highest BCUT2D eigenvalue weighted by Crippen LogP contribution is 2.28. The predicted octanol–water partition coefficient (Wildman–Crippen LogP) is 0.334. The minimum absolute atomic E-state index is 0.0292. The Morgan fingerprint density at radius 2 is 2.15 bits per heavy atom. The van der Waals surface area contributed by atoms with Gasteiger partial charge in [-0.1, -0.05) is 6.92 Å². The lowest BCUT2D eigenvalue weighted by Gasteiger charge is -2.18. The molecule has 4 heteroatoms. The van der Waals surface area contributed by atoms with Crippen LogP contribution in [0.3, 0.4) is 0 Å². The number of hydrogen-bond donors (Lipinski definition) is 1. The minimum Gasteiger partial charge on any atom is -0.459 e. The average molecular weight is 188 g/mol. The van der Waals surface area contributed by atoms with Gasteiger partial charge < -0.3 is 14.6 Å². The fraction of sp³-hybridized carbons (Fsp3) is 0.889. The number of hydrogen-bond acceptors (Lipinski definition) is 4. The van der Waals surface area contributed by atoms with Crippen LogP contribution in [0.2, 0.25) is 0 Å². The van der Waals surface area contributed by atoms with Gasteiger partial charge in [0.25, 0.3) is 0 Å². The third kappa shape index (κ3) is 2.19. The first-order valence-corrected chi connectivity index (χ1v) is 4.49. The summed E-state index contributed by atoms with van der Waals surface area (Å²) < 4.78 is 10.5. The summed E-state index contributed by atoms with van der Waals surface area (Å²) in [7, 11) is 0. The fourth-order valence-corrected chi connectivity index (χ4v) is 1.60. The highest BCUT2D eigenvalue weighted by Gasteiger charge is 2.41. The van der Waals surface area contributed by atoms with E-state index < -0.39 is 0 Å². The van der Waals surface area contributed by atoms with E-state index in [4.69, 9.17) is 14.6 Å². The maximum atomic E-state index is 10.8. The molecule has 1 saturated heterocycles. The lowest BCUT2D eigenvalue weighted by molar-refractivity contribution is -0.151. The highest BCUT2D eigenvalue weighted by molar-refractivity contribution is 5.66. The Morgan fingerprint density at radius 1 is 1.54 bits per heavy atom. The van der Waals surface area contributed by atoms with Gasteiger partial charge in [0.15, 0.2) is 0 Å². The van der Waals surface area contributed by atoms with E-state index in [1.807, 2.05) is 13.8 Å². The topological polar surface area (TPSA) is 55.8 Å². The molecule has 1 rings (SSSR count). The Morgan fingerprint density at radius 3 is 2.62 bits per heavy atom. The minimum atomic E-state index is -0.367. The molecule has 4 unspecified atom stereocenters. The van der Waals surface area contributed by atoms with E-state index in [2.05, 4.69) is 0 Å². The van der Waals surface area contributed by atoms with Gasteiger partial charge >= 0.3 is 5.97 Å². The van der Waals surface area contributed by atoms with E-state index in [1.54, 1.807) is 0 Å². The molecule has 1 heterocycles. The van der Waals surface area contributed by atoms with Crippen molar-refractivity contribution in [2.75, 3.05) is 6.61 Å². The van der Waals surface area contributed by atoms with Crippen molar-refractivity contribution in [3.05, 3.63) is 0 Å². The quantitative estimate of drug-likeness (QED) is 0.635. The molecule has 4 atom stereocenters. The van der Waals surface area contributed by atoms with E-state index in [-0.39, 0.29) is 36.8 Å². The molecule has 1 aliphatic heterocycles. The van der Waals surface area contributed by atoms with Gasteiger partial charge in [-0.15, -0.1) is 0 Å². The molecule has 0 saturated carbocycles. The number of carbonyl (C=O) groups excluding carboxylic acids is 1. The Balaban J connectivity index is 2.62. The zero-order valence-electron chi connectivity index (χ0n) is 8.19. The molecular formula is C9H16O4. The number of esters is 1. The molecule has 0 aromatic carbocycles. The number of aliphatic hydroxyl groups excluding tert-OH is 1. The van der Waals surface area contributed by atoms with Crippen LogP contribution in [0.1, 0.15) is 20.8 Å². The summed E-state index contributed by atoms with van der Waals surface area (Å²) in [6, 6.07) is 0. The average Bonchev–Trinajstić information content (AvgIpc) is 2.31. The fourth-order valence-electron chi connectivity index (χ4n) is 1.60. The molecule has 0 spiro atoms. The third-order valence-corrected chi connectivity index (χ3v) is 2.50. The van der Waals surface area contributed by atoms with Gasteiger partial charge in [-0.3, -0.25) is 4.79 Å². The maximum absolute atomic E-state index is 10.8. The molecule has 76 valence electrons. The molecule has 1 N–H and O–H groups in total. The molecule has 0 bridgehead atoms. The summed E-state index contributed by atoms with van der Waals surface area (Å²) in [5.74, 6) is -0.186. The number of carbonyl (C=O) groups is 1. The van der Waals surface area contributed by atoms with Crippen molar-refractivity contribution in [1.82, 2.24) is 0 Å². The lowest BCUT2D eigenvalue weighted by atomic mass is 9.99. The first-order valence-electron chi connectivity index (χ1n) is 4.49. The van der Waals surface area contributed by atoms with Crippen molar-refractivity contribution in [2.45, 2.75) is 39.1 Å². The van der Waals surface area contributed by atoms with E-state index in [9.17, 15) is 4.79 Å². The van der Waals surface area contributed by atoms with E-state index in [1.165, 1.54) is 6.92 Å².